The van der Waals surface area contributed by atoms with Gasteiger partial charge in [0, 0.05) is 17.3 Å². The van der Waals surface area contributed by atoms with Crippen molar-refractivity contribution in [3.63, 3.8) is 0 Å². The lowest BCUT2D eigenvalue weighted by Gasteiger charge is -2.09. The average molecular weight is 293 g/mol. The van der Waals surface area contributed by atoms with Crippen LogP contribution in [0.5, 0.6) is 11.5 Å². The lowest BCUT2D eigenvalue weighted by molar-refractivity contribution is 0.481. The van der Waals surface area contributed by atoms with E-state index in [1.807, 2.05) is 25.1 Å². The zero-order valence-electron chi connectivity index (χ0n) is 10.4. The van der Waals surface area contributed by atoms with Gasteiger partial charge in [0.1, 0.15) is 22.2 Å². The van der Waals surface area contributed by atoms with Gasteiger partial charge >= 0.3 is 0 Å². The number of rotatable bonds is 4. The topological polar surface area (TPSA) is 48.1 Å². The molecule has 0 spiro atoms. The van der Waals surface area contributed by atoms with E-state index in [0.29, 0.717) is 11.4 Å². The van der Waals surface area contributed by atoms with Crippen LogP contribution in [0.15, 0.2) is 36.5 Å². The van der Waals surface area contributed by atoms with Crippen molar-refractivity contribution in [2.45, 2.75) is 13.3 Å². The molecule has 1 heterocycles. The van der Waals surface area contributed by atoms with Crippen LogP contribution in [0, 0.1) is 0 Å². The van der Waals surface area contributed by atoms with Crippen molar-refractivity contribution in [1.82, 2.24) is 4.98 Å². The van der Waals surface area contributed by atoms with Gasteiger partial charge in [-0.05, 0) is 36.2 Å². The highest BCUT2D eigenvalue weighted by Gasteiger charge is 2.04. The Kier molecular flexibility index (Phi) is 4.35. The van der Waals surface area contributed by atoms with E-state index in [0.717, 1.165) is 22.8 Å². The monoisotopic (exact) mass is 292 g/mol. The summed E-state index contributed by atoms with van der Waals surface area (Å²) in [6.45, 7) is 2.04. The number of hydrogen-bond acceptors (Lipinski definition) is 3. The second-order valence-corrected chi connectivity index (χ2v) is 4.80. The second kappa shape index (κ2) is 5.99. The molecule has 0 saturated heterocycles. The molecule has 0 aliphatic rings. The summed E-state index contributed by atoms with van der Waals surface area (Å²) < 4.78 is 5.75. The van der Waals surface area contributed by atoms with Gasteiger partial charge < -0.3 is 10.5 Å². The van der Waals surface area contributed by atoms with Gasteiger partial charge in [-0.1, -0.05) is 30.7 Å². The second-order valence-electron chi connectivity index (χ2n) is 3.95. The van der Waals surface area contributed by atoms with Crippen LogP contribution in [0.2, 0.25) is 5.02 Å². The van der Waals surface area contributed by atoms with Crippen molar-refractivity contribution in [3.05, 3.63) is 52.8 Å². The van der Waals surface area contributed by atoms with Gasteiger partial charge in [-0.2, -0.15) is 0 Å². The SMILES string of the molecule is CCc1cc(Oc2ccnc(C(N)=S)c2)ccc1Cl. The number of aryl methyl sites for hydroxylation is 1. The number of benzene rings is 1. The molecule has 1 aromatic carbocycles. The molecule has 0 aliphatic heterocycles. The number of halogens is 1. The third-order valence-corrected chi connectivity index (χ3v) is 3.20. The number of nitrogens with zero attached hydrogens (tertiary/aromatic N) is 1. The van der Waals surface area contributed by atoms with Crippen LogP contribution >= 0.6 is 23.8 Å². The zero-order chi connectivity index (χ0) is 13.8. The minimum atomic E-state index is 0.246. The van der Waals surface area contributed by atoms with E-state index in [4.69, 9.17) is 34.3 Å². The van der Waals surface area contributed by atoms with E-state index in [-0.39, 0.29) is 4.99 Å². The van der Waals surface area contributed by atoms with E-state index in [1.165, 1.54) is 0 Å². The molecule has 0 fully saturated rings. The molecular formula is C14H13ClN2OS. The van der Waals surface area contributed by atoms with Crippen LogP contribution in [0.3, 0.4) is 0 Å². The maximum absolute atomic E-state index is 6.07. The van der Waals surface area contributed by atoms with Gasteiger partial charge in [-0.3, -0.25) is 4.98 Å². The smallest absolute Gasteiger partial charge is 0.131 e. The first-order chi connectivity index (χ1) is 9.10. The molecule has 0 radical (unpaired) electrons. The van der Waals surface area contributed by atoms with E-state index in [1.54, 1.807) is 18.3 Å². The molecule has 19 heavy (non-hydrogen) atoms. The number of thiocarbonyl (C=S) groups is 1. The normalized spacial score (nSPS) is 10.2. The summed E-state index contributed by atoms with van der Waals surface area (Å²) in [6, 6.07) is 9.03. The fraction of sp³-hybridized carbons (Fsp3) is 0.143. The molecule has 0 bridgehead atoms. The first-order valence-electron chi connectivity index (χ1n) is 5.82. The lowest BCUT2D eigenvalue weighted by Crippen LogP contribution is -2.11. The summed E-state index contributed by atoms with van der Waals surface area (Å²) in [5.74, 6) is 1.36. The molecule has 0 atom stereocenters. The Balaban J connectivity index is 2.26. The summed E-state index contributed by atoms with van der Waals surface area (Å²) in [4.78, 5) is 4.31. The Morgan fingerprint density at radius 3 is 2.74 bits per heavy atom. The molecule has 0 amide bonds. The quantitative estimate of drug-likeness (QED) is 0.873. The van der Waals surface area contributed by atoms with Crippen molar-refractivity contribution in [3.8, 4) is 11.5 Å². The van der Waals surface area contributed by atoms with Crippen LogP contribution in [0.25, 0.3) is 0 Å². The minimum absolute atomic E-state index is 0.246. The molecule has 0 saturated carbocycles. The first-order valence-corrected chi connectivity index (χ1v) is 6.61. The largest absolute Gasteiger partial charge is 0.457 e. The van der Waals surface area contributed by atoms with Crippen LogP contribution in [-0.4, -0.2) is 9.97 Å². The fourth-order valence-corrected chi connectivity index (χ4v) is 1.99. The zero-order valence-corrected chi connectivity index (χ0v) is 12.0. The number of hydrogen-bond donors (Lipinski definition) is 1. The molecule has 5 heteroatoms. The van der Waals surface area contributed by atoms with Crippen molar-refractivity contribution in [1.29, 1.82) is 0 Å². The highest BCUT2D eigenvalue weighted by Crippen LogP contribution is 2.26. The third kappa shape index (κ3) is 3.43. The van der Waals surface area contributed by atoms with Crippen molar-refractivity contribution < 1.29 is 4.74 Å². The molecule has 1 aromatic heterocycles. The Hall–Kier alpha value is -1.65. The predicted octanol–water partition coefficient (Wildman–Crippen LogP) is 3.72. The average Bonchev–Trinajstić information content (AvgIpc) is 2.41. The summed E-state index contributed by atoms with van der Waals surface area (Å²) in [6.07, 6.45) is 2.46. The number of pyridine rings is 1. The highest BCUT2D eigenvalue weighted by molar-refractivity contribution is 7.80. The van der Waals surface area contributed by atoms with E-state index in [2.05, 4.69) is 4.98 Å². The summed E-state index contributed by atoms with van der Waals surface area (Å²) in [5.41, 5.74) is 7.12. The van der Waals surface area contributed by atoms with Crippen molar-refractivity contribution >= 4 is 28.8 Å². The van der Waals surface area contributed by atoms with Crippen LogP contribution in [-0.2, 0) is 6.42 Å². The molecule has 0 aliphatic carbocycles. The molecule has 0 unspecified atom stereocenters. The Morgan fingerprint density at radius 2 is 2.05 bits per heavy atom. The molecule has 3 nitrogen and oxygen atoms in total. The van der Waals surface area contributed by atoms with Gasteiger partial charge in [0.15, 0.2) is 0 Å². The minimum Gasteiger partial charge on any atom is -0.457 e. The van der Waals surface area contributed by atoms with Gasteiger partial charge in [0.2, 0.25) is 0 Å². The third-order valence-electron chi connectivity index (χ3n) is 2.62. The van der Waals surface area contributed by atoms with E-state index in [9.17, 15) is 0 Å². The van der Waals surface area contributed by atoms with Gasteiger partial charge in [-0.25, -0.2) is 0 Å². The standard InChI is InChI=1S/C14H13ClN2OS/c1-2-9-7-10(3-4-12(9)15)18-11-5-6-17-13(8-11)14(16)19/h3-8H,2H2,1H3,(H2,16,19). The van der Waals surface area contributed by atoms with E-state index >= 15 is 0 Å². The molecule has 98 valence electrons. The number of aromatic nitrogens is 1. The Bertz CT molecular complexity index is 616. The molecular weight excluding hydrogens is 280 g/mol. The van der Waals surface area contributed by atoms with Crippen LogP contribution in [0.4, 0.5) is 0 Å². The maximum atomic E-state index is 6.07. The number of ether oxygens (including phenoxy) is 1. The predicted molar refractivity (Wildman–Crippen MR) is 81.0 cm³/mol. The van der Waals surface area contributed by atoms with Crippen molar-refractivity contribution in [2.24, 2.45) is 5.73 Å². The Morgan fingerprint density at radius 1 is 1.32 bits per heavy atom. The lowest BCUT2D eigenvalue weighted by atomic mass is 10.1. The first kappa shape index (κ1) is 13.8. The van der Waals surface area contributed by atoms with Crippen LogP contribution in [0.1, 0.15) is 18.2 Å². The molecule has 2 N–H and O–H groups in total. The molecule has 2 aromatic rings. The van der Waals surface area contributed by atoms with Gasteiger partial charge in [0.25, 0.3) is 0 Å². The fourth-order valence-electron chi connectivity index (χ4n) is 1.63. The van der Waals surface area contributed by atoms with Crippen molar-refractivity contribution in [2.75, 3.05) is 0 Å². The van der Waals surface area contributed by atoms with Gasteiger partial charge in [-0.15, -0.1) is 0 Å². The Labute approximate surface area is 122 Å². The van der Waals surface area contributed by atoms with Crippen LogP contribution < -0.4 is 10.5 Å². The van der Waals surface area contributed by atoms with Gasteiger partial charge in [0.05, 0.1) is 0 Å². The maximum Gasteiger partial charge on any atom is 0.131 e. The summed E-state index contributed by atoms with van der Waals surface area (Å²) in [7, 11) is 0. The summed E-state index contributed by atoms with van der Waals surface area (Å²) in [5, 5.41) is 0.744. The highest BCUT2D eigenvalue weighted by atomic mass is 35.5. The number of nitrogens with two attached hydrogens (primary N) is 1. The van der Waals surface area contributed by atoms with E-state index < -0.39 is 0 Å². The molecule has 2 rings (SSSR count). The summed E-state index contributed by atoms with van der Waals surface area (Å²) >= 11 is 11.0.